The minimum Gasteiger partial charge on any atom is -0.593 e. The molecule has 2 aliphatic rings. The Labute approximate surface area is 152 Å². The highest BCUT2D eigenvalue weighted by Gasteiger charge is 2.40. The van der Waals surface area contributed by atoms with E-state index in [1.54, 1.807) is 34.9 Å². The molecule has 0 amide bonds. The number of piperidine rings is 1. The van der Waals surface area contributed by atoms with Gasteiger partial charge in [0, 0.05) is 18.9 Å². The number of benzene rings is 1. The first kappa shape index (κ1) is 17.3. The molecule has 1 N–H and O–H groups in total. The van der Waals surface area contributed by atoms with Crippen molar-refractivity contribution in [3.8, 4) is 0 Å². The van der Waals surface area contributed by atoms with Crippen molar-refractivity contribution in [3.05, 3.63) is 42.0 Å². The summed E-state index contributed by atoms with van der Waals surface area (Å²) in [5, 5.41) is 17.8. The van der Waals surface area contributed by atoms with Crippen molar-refractivity contribution in [1.82, 2.24) is 19.1 Å². The fourth-order valence-corrected chi connectivity index (χ4v) is 5.41. The zero-order valence-corrected chi connectivity index (χ0v) is 15.0. The molecule has 3 unspecified atom stereocenters. The van der Waals surface area contributed by atoms with Crippen LogP contribution in [0.1, 0.15) is 42.9 Å². The second kappa shape index (κ2) is 6.57. The lowest BCUT2D eigenvalue weighted by Crippen LogP contribution is -2.43. The maximum atomic E-state index is 12.9. The van der Waals surface area contributed by atoms with Gasteiger partial charge in [-0.3, -0.25) is 0 Å². The van der Waals surface area contributed by atoms with Crippen LogP contribution in [-0.4, -0.2) is 47.8 Å². The lowest BCUT2D eigenvalue weighted by Gasteiger charge is -2.34. The Kier molecular flexibility index (Phi) is 4.37. The molecule has 26 heavy (non-hydrogen) atoms. The summed E-state index contributed by atoms with van der Waals surface area (Å²) < 4.78 is 29.0. The smallest absolute Gasteiger partial charge is 0.326 e. The highest BCUT2D eigenvalue weighted by molar-refractivity contribution is 7.95. The quantitative estimate of drug-likeness (QED) is 0.812. The van der Waals surface area contributed by atoms with E-state index in [2.05, 4.69) is 10.2 Å². The molecule has 2 aromatic rings. The van der Waals surface area contributed by atoms with Crippen LogP contribution < -0.4 is 0 Å². The van der Waals surface area contributed by atoms with Gasteiger partial charge < -0.3 is 14.2 Å². The lowest BCUT2D eigenvalue weighted by atomic mass is 9.98. The van der Waals surface area contributed by atoms with E-state index in [9.17, 15) is 18.7 Å². The molecule has 0 radical (unpaired) electrons. The van der Waals surface area contributed by atoms with Gasteiger partial charge >= 0.3 is 5.97 Å². The molecule has 0 saturated carbocycles. The Bertz CT molecular complexity index is 869. The first-order valence-corrected chi connectivity index (χ1v) is 10.1. The topological polar surface area (TPSA) is 111 Å². The van der Waals surface area contributed by atoms with E-state index in [-0.39, 0.29) is 10.8 Å². The number of carboxylic acids is 1. The molecule has 1 aromatic heterocycles. The van der Waals surface area contributed by atoms with Crippen LogP contribution in [0.2, 0.25) is 0 Å². The Balaban J connectivity index is 1.61. The highest BCUT2D eigenvalue weighted by Crippen LogP contribution is 2.35. The van der Waals surface area contributed by atoms with Gasteiger partial charge in [0.1, 0.15) is 17.7 Å². The van der Waals surface area contributed by atoms with Crippen LogP contribution in [0.5, 0.6) is 0 Å². The molecule has 1 fully saturated rings. The predicted molar refractivity (Wildman–Crippen MR) is 92.1 cm³/mol. The number of nitrogens with zero attached hydrogens (tertiary/aromatic N) is 4. The van der Waals surface area contributed by atoms with Gasteiger partial charge in [-0.2, -0.15) is 0 Å². The minimum atomic E-state index is -3.57. The third-order valence-corrected chi connectivity index (χ3v) is 7.04. The molecule has 1 saturated heterocycles. The highest BCUT2D eigenvalue weighted by atomic mass is 32.3. The van der Waals surface area contributed by atoms with Gasteiger partial charge in [0.25, 0.3) is 0 Å². The largest absolute Gasteiger partial charge is 0.593 e. The fraction of sp³-hybridized carbons (Fsp3) is 0.471. The molecule has 1 aromatic carbocycles. The first-order valence-electron chi connectivity index (χ1n) is 8.70. The van der Waals surface area contributed by atoms with E-state index in [4.69, 9.17) is 0 Å². The minimum absolute atomic E-state index is 0.150. The maximum absolute atomic E-state index is 12.9. The SMILES string of the molecule is O=C(O)C1CCc2nnc(C3CCCN([S+](=O)([O-])c4ccccc4)C3)n21. The lowest BCUT2D eigenvalue weighted by molar-refractivity contribution is -0.140. The van der Waals surface area contributed by atoms with Gasteiger partial charge in [0.2, 0.25) is 0 Å². The summed E-state index contributed by atoms with van der Waals surface area (Å²) in [6.45, 7) is 0.749. The predicted octanol–water partition coefficient (Wildman–Crippen LogP) is 1.63. The Morgan fingerprint density at radius 2 is 2.00 bits per heavy atom. The number of rotatable bonds is 4. The average molecular weight is 376 g/mol. The standard InChI is InChI=1S/C17H20N4O4S/c22-17(23)14-8-9-15-18-19-16(21(14)15)12-5-4-10-20(11-12)26(24,25)13-6-2-1-3-7-13/h1-3,6-7,12,14H,4-5,8-11H2,(H-,22,23,24,25). The Morgan fingerprint density at radius 1 is 1.23 bits per heavy atom. The van der Waals surface area contributed by atoms with E-state index in [1.165, 1.54) is 4.31 Å². The summed E-state index contributed by atoms with van der Waals surface area (Å²) in [5.41, 5.74) is 0. The Hall–Kier alpha value is -2.10. The van der Waals surface area contributed by atoms with Crippen molar-refractivity contribution < 1.29 is 18.7 Å². The molecule has 0 aliphatic carbocycles. The number of aryl methyl sites for hydroxylation is 1. The zero-order chi connectivity index (χ0) is 18.3. The van der Waals surface area contributed by atoms with Gasteiger partial charge in [-0.05, 0) is 31.4 Å². The third-order valence-electron chi connectivity index (χ3n) is 5.16. The summed E-state index contributed by atoms with van der Waals surface area (Å²) in [6.07, 6.45) is 2.57. The van der Waals surface area contributed by atoms with Gasteiger partial charge in [-0.1, -0.05) is 22.4 Å². The maximum Gasteiger partial charge on any atom is 0.326 e. The monoisotopic (exact) mass is 376 g/mol. The fourth-order valence-electron chi connectivity index (χ4n) is 3.87. The molecule has 4 rings (SSSR count). The number of carbonyl (C=O) groups is 1. The van der Waals surface area contributed by atoms with Gasteiger partial charge in [-0.15, -0.1) is 14.5 Å². The molecule has 9 heteroatoms. The summed E-state index contributed by atoms with van der Waals surface area (Å²) in [5.74, 6) is 0.228. The van der Waals surface area contributed by atoms with E-state index in [0.29, 0.717) is 44.0 Å². The number of sulfonamides is 1. The van der Waals surface area contributed by atoms with E-state index in [1.807, 2.05) is 0 Å². The van der Waals surface area contributed by atoms with Crippen molar-refractivity contribution in [2.45, 2.75) is 42.5 Å². The van der Waals surface area contributed by atoms with E-state index < -0.39 is 22.4 Å². The molecule has 2 aliphatic heterocycles. The van der Waals surface area contributed by atoms with Crippen LogP contribution in [-0.2, 0) is 25.8 Å². The van der Waals surface area contributed by atoms with Crippen LogP contribution >= 0.6 is 0 Å². The number of aliphatic carboxylic acids is 1. The third kappa shape index (κ3) is 2.85. The van der Waals surface area contributed by atoms with Crippen molar-refractivity contribution in [3.63, 3.8) is 0 Å². The first-order chi connectivity index (χ1) is 12.5. The van der Waals surface area contributed by atoms with Crippen molar-refractivity contribution in [2.75, 3.05) is 13.1 Å². The summed E-state index contributed by atoms with van der Waals surface area (Å²) >= 11 is 0. The van der Waals surface area contributed by atoms with Crippen molar-refractivity contribution in [2.24, 2.45) is 0 Å². The second-order valence-electron chi connectivity index (χ2n) is 6.75. The van der Waals surface area contributed by atoms with Gasteiger partial charge in [0.15, 0.2) is 15.3 Å². The second-order valence-corrected chi connectivity index (χ2v) is 8.69. The number of hydrogen-bond donors (Lipinski definition) is 1. The molecule has 0 spiro atoms. The van der Waals surface area contributed by atoms with Gasteiger partial charge in [-0.25, -0.2) is 4.79 Å². The summed E-state index contributed by atoms with van der Waals surface area (Å²) in [6, 6.07) is 7.72. The normalized spacial score (nSPS) is 25.6. The Morgan fingerprint density at radius 3 is 2.73 bits per heavy atom. The molecule has 0 bridgehead atoms. The van der Waals surface area contributed by atoms with Gasteiger partial charge in [0.05, 0.1) is 6.54 Å². The van der Waals surface area contributed by atoms with E-state index >= 15 is 0 Å². The van der Waals surface area contributed by atoms with Crippen molar-refractivity contribution >= 4 is 16.4 Å². The molecular weight excluding hydrogens is 356 g/mol. The summed E-state index contributed by atoms with van der Waals surface area (Å²) in [4.78, 5) is 11.8. The zero-order valence-electron chi connectivity index (χ0n) is 14.2. The molecule has 3 heterocycles. The van der Waals surface area contributed by atoms with Crippen LogP contribution in [0, 0.1) is 0 Å². The van der Waals surface area contributed by atoms with Crippen LogP contribution in [0.25, 0.3) is 0 Å². The molecule has 8 nitrogen and oxygen atoms in total. The number of carboxylic acid groups (broad SMARTS) is 1. The number of hydrogen-bond acceptors (Lipinski definition) is 5. The average Bonchev–Trinajstić information content (AvgIpc) is 3.24. The summed E-state index contributed by atoms with van der Waals surface area (Å²) in [7, 11) is -3.57. The number of fused-ring (bicyclic) bond motifs is 1. The van der Waals surface area contributed by atoms with Crippen LogP contribution in [0.3, 0.4) is 0 Å². The number of aromatic nitrogens is 3. The van der Waals surface area contributed by atoms with Crippen LogP contribution in [0.4, 0.5) is 0 Å². The molecular formula is C17H20N4O4S. The van der Waals surface area contributed by atoms with E-state index in [0.717, 1.165) is 6.42 Å². The van der Waals surface area contributed by atoms with Crippen molar-refractivity contribution in [1.29, 1.82) is 0 Å². The molecule has 138 valence electrons. The van der Waals surface area contributed by atoms with Crippen LogP contribution in [0.15, 0.2) is 35.2 Å². The molecule has 3 atom stereocenters.